The molecule has 3 saturated heterocycles. The largest absolute Gasteiger partial charge is 0.472 e. The van der Waals surface area contributed by atoms with Gasteiger partial charge in [-0.25, -0.2) is 48.4 Å². The SMILES string of the molecule is CN(CCN(C)C(=O)OC(C)(C)C)C(=O)O[C@@H]1[C@@H]2OP(O)(=S)OC[C@H]3O[C@@H](n4cnc5c(NC(=O)c6ccccc6)ncnc54)[C@H](F)[C@@H]3OP(=O)(O)OC[C@H]2O[C@H]1n1cnc2c(NC(=O)c3ccccc3)ncnc21. The number of carbonyl (C=O) groups is 4. The molecular weight excluding hydrogens is 1050 g/mol. The van der Waals surface area contributed by atoms with Gasteiger partial charge >= 0.3 is 26.7 Å². The molecule has 9 rings (SSSR count). The monoisotopic (exact) mass is 1100 g/mol. The maximum atomic E-state index is 16.8. The van der Waals surface area contributed by atoms with Gasteiger partial charge in [0.15, 0.2) is 58.7 Å². The number of fused-ring (bicyclic) bond motifs is 4. The Bertz CT molecular complexity index is 3190. The molecule has 4 N–H and O–H groups in total. The Labute approximate surface area is 430 Å². The molecule has 7 heterocycles. The second-order valence-electron chi connectivity index (χ2n) is 18.1. The number of rotatable bonds is 10. The van der Waals surface area contributed by atoms with E-state index in [9.17, 15) is 33.5 Å². The van der Waals surface area contributed by atoms with Crippen molar-refractivity contribution in [2.24, 2.45) is 0 Å². The number of hydrogen-bond donors (Lipinski definition) is 4. The highest BCUT2D eigenvalue weighted by Crippen LogP contribution is 2.54. The molecule has 0 aliphatic carbocycles. The summed E-state index contributed by atoms with van der Waals surface area (Å²) in [7, 11) is -2.47. The molecule has 2 aromatic carbocycles. The fraction of sp³-hybridized carbons (Fsp3) is 0.409. The van der Waals surface area contributed by atoms with E-state index in [-0.39, 0.29) is 47.1 Å². The smallest absolute Gasteiger partial charge is 0.444 e. The Morgan fingerprint density at radius 3 is 1.77 bits per heavy atom. The molecule has 3 aliphatic heterocycles. The van der Waals surface area contributed by atoms with E-state index in [1.165, 1.54) is 29.9 Å². The fourth-order valence-corrected chi connectivity index (χ4v) is 10.4. The first kappa shape index (κ1) is 53.3. The van der Waals surface area contributed by atoms with Crippen molar-refractivity contribution < 1.29 is 75.0 Å². The topological polar surface area (TPSA) is 317 Å². The summed E-state index contributed by atoms with van der Waals surface area (Å²) in [5.41, 5.74) is -0.0382. The van der Waals surface area contributed by atoms with Crippen LogP contribution in [0.25, 0.3) is 22.3 Å². The molecule has 0 saturated carbocycles. The van der Waals surface area contributed by atoms with Crippen LogP contribution in [0.15, 0.2) is 86.0 Å². The molecule has 27 nitrogen and oxygen atoms in total. The number of halogens is 1. The highest BCUT2D eigenvalue weighted by atomic mass is 32.5. The number of alkyl halides is 1. The van der Waals surface area contributed by atoms with Gasteiger partial charge < -0.3 is 53.7 Å². The first-order chi connectivity index (χ1) is 35.6. The summed E-state index contributed by atoms with van der Waals surface area (Å²) in [6.45, 7) is -1.28. The van der Waals surface area contributed by atoms with E-state index in [0.29, 0.717) is 11.1 Å². The Morgan fingerprint density at radius 2 is 1.23 bits per heavy atom. The van der Waals surface area contributed by atoms with Gasteiger partial charge in [0.2, 0.25) is 0 Å². The number of likely N-dealkylation sites (N-methyl/N-ethyl adjacent to an activating group) is 2. The number of benzene rings is 2. The lowest BCUT2D eigenvalue weighted by Crippen LogP contribution is -2.44. The first-order valence-electron chi connectivity index (χ1n) is 22.9. The molecule has 31 heteroatoms. The fourth-order valence-electron chi connectivity index (χ4n) is 8.03. The average molecular weight is 1100 g/mol. The van der Waals surface area contributed by atoms with Crippen LogP contribution in [-0.4, -0.2) is 165 Å². The molecule has 4 amide bonds. The second-order valence-corrected chi connectivity index (χ2v) is 22.3. The van der Waals surface area contributed by atoms with Gasteiger partial charge in [0.25, 0.3) is 11.8 Å². The Balaban J connectivity index is 0.988. The van der Waals surface area contributed by atoms with Crippen molar-refractivity contribution in [2.75, 3.05) is 51.0 Å². The van der Waals surface area contributed by atoms with E-state index in [2.05, 4.69) is 40.5 Å². The standard InChI is InChI=1S/C44H49FN12O15P2S/c1-44(2,3)70-43(61)55(5)17-16-54(4)42(60)69-33-32-27(68-41(33)57-23-51-30-35(47-21-49-37(30)57)53-39(59)25-14-10-7-11-15-25)18-65-73(62,63)71-31-26(19-66-74(64,75)72-32)67-40(28(31)45)56-22-50-29-34(46-20-48-36(29)56)52-38(58)24-12-8-6-9-13-24/h6-15,20-23,26-28,31-33,40-41H,16-19H2,1-5H3,(H,62,63)(H,64,75)(H,46,48,52,58)(H,47,49,53,59)/t26-,27-,28-,31-,32-,33-,40-,41-,74?/m1/s1. The summed E-state index contributed by atoms with van der Waals surface area (Å²) in [5.74, 6) is -1.05. The van der Waals surface area contributed by atoms with Gasteiger partial charge in [-0.1, -0.05) is 36.4 Å². The predicted molar refractivity (Wildman–Crippen MR) is 262 cm³/mol. The summed E-state index contributed by atoms with van der Waals surface area (Å²) in [5, 5.41) is 5.35. The first-order valence-corrected chi connectivity index (χ1v) is 26.9. The van der Waals surface area contributed by atoms with Gasteiger partial charge in [-0.15, -0.1) is 0 Å². The van der Waals surface area contributed by atoms with Crippen LogP contribution in [0.5, 0.6) is 0 Å². The summed E-state index contributed by atoms with van der Waals surface area (Å²) in [6.07, 6.45) is -10.9. The molecule has 6 aromatic rings. The zero-order chi connectivity index (χ0) is 53.4. The quantitative estimate of drug-likeness (QED) is 0.135. The number of nitrogens with one attached hydrogen (secondary N) is 2. The molecule has 398 valence electrons. The van der Waals surface area contributed by atoms with Crippen LogP contribution in [-0.2, 0) is 53.4 Å². The van der Waals surface area contributed by atoms with E-state index in [4.69, 9.17) is 48.8 Å². The van der Waals surface area contributed by atoms with E-state index in [0.717, 1.165) is 28.4 Å². The lowest BCUT2D eigenvalue weighted by atomic mass is 10.1. The molecule has 2 unspecified atom stereocenters. The summed E-state index contributed by atoms with van der Waals surface area (Å²) in [4.78, 5) is 104. The number of aromatic nitrogens is 8. The number of phosphoric ester groups is 1. The number of anilines is 2. The van der Waals surface area contributed by atoms with Crippen molar-refractivity contribution in [1.82, 2.24) is 48.8 Å². The zero-order valence-electron chi connectivity index (χ0n) is 40.4. The normalized spacial score (nSPS) is 27.0. The van der Waals surface area contributed by atoms with Crippen LogP contribution in [0.2, 0.25) is 0 Å². The predicted octanol–water partition coefficient (Wildman–Crippen LogP) is 4.74. The van der Waals surface area contributed by atoms with Crippen LogP contribution >= 0.6 is 14.5 Å². The van der Waals surface area contributed by atoms with E-state index in [1.807, 2.05) is 0 Å². The zero-order valence-corrected chi connectivity index (χ0v) is 43.0. The van der Waals surface area contributed by atoms with Gasteiger partial charge in [-0.3, -0.25) is 32.3 Å². The minimum absolute atomic E-state index is 0.00978. The van der Waals surface area contributed by atoms with Gasteiger partial charge in [-0.05, 0) is 56.8 Å². The molecule has 0 radical (unpaired) electrons. The van der Waals surface area contributed by atoms with Gasteiger partial charge in [-0.2, -0.15) is 0 Å². The van der Waals surface area contributed by atoms with Crippen LogP contribution in [0.1, 0.15) is 53.9 Å². The number of carbonyl (C=O) groups excluding carboxylic acids is 4. The van der Waals surface area contributed by atoms with Gasteiger partial charge in [0.05, 0.1) is 25.9 Å². The number of amides is 4. The number of phosphoric acid groups is 1. The molecule has 10 atom stereocenters. The Morgan fingerprint density at radius 1 is 0.733 bits per heavy atom. The number of ether oxygens (including phenoxy) is 4. The van der Waals surface area contributed by atoms with E-state index < -0.39 is 107 Å². The minimum atomic E-state index is -5.33. The lowest BCUT2D eigenvalue weighted by molar-refractivity contribution is -0.0634. The Hall–Kier alpha value is -6.49. The third-order valence-electron chi connectivity index (χ3n) is 11.7. The summed E-state index contributed by atoms with van der Waals surface area (Å²) >= 11 is 5.49. The molecule has 3 aliphatic rings. The maximum Gasteiger partial charge on any atom is 0.472 e. The number of nitrogens with zero attached hydrogens (tertiary/aromatic N) is 10. The molecule has 0 bridgehead atoms. The van der Waals surface area contributed by atoms with E-state index >= 15 is 4.39 Å². The number of imidazole rings is 2. The minimum Gasteiger partial charge on any atom is -0.444 e. The second kappa shape index (κ2) is 21.6. The molecule has 4 aromatic heterocycles. The van der Waals surface area contributed by atoms with E-state index in [1.54, 1.807) is 81.4 Å². The van der Waals surface area contributed by atoms with Crippen molar-refractivity contribution >= 4 is 84.3 Å². The number of hydrogen-bond acceptors (Lipinski definition) is 20. The van der Waals surface area contributed by atoms with Crippen molar-refractivity contribution in [1.29, 1.82) is 0 Å². The highest BCUT2D eigenvalue weighted by molar-refractivity contribution is 8.07. The maximum absolute atomic E-state index is 16.8. The van der Waals surface area contributed by atoms with Crippen LogP contribution in [0.3, 0.4) is 0 Å². The van der Waals surface area contributed by atoms with Gasteiger partial charge in [0.1, 0.15) is 42.7 Å². The van der Waals surface area contributed by atoms with Crippen molar-refractivity contribution in [3.63, 3.8) is 0 Å². The molecule has 75 heavy (non-hydrogen) atoms. The highest BCUT2D eigenvalue weighted by Gasteiger charge is 2.55. The van der Waals surface area contributed by atoms with Crippen molar-refractivity contribution in [2.45, 2.75) is 75.5 Å². The van der Waals surface area contributed by atoms with Crippen molar-refractivity contribution in [3.8, 4) is 0 Å². The van der Waals surface area contributed by atoms with Crippen molar-refractivity contribution in [3.05, 3.63) is 97.1 Å². The summed E-state index contributed by atoms with van der Waals surface area (Å²) in [6, 6.07) is 16.5. The summed E-state index contributed by atoms with van der Waals surface area (Å²) < 4.78 is 79.7. The van der Waals surface area contributed by atoms with Crippen LogP contribution in [0, 0.1) is 0 Å². The lowest BCUT2D eigenvalue weighted by Gasteiger charge is -2.31. The third-order valence-corrected chi connectivity index (χ3v) is 14.2. The van der Waals surface area contributed by atoms with Crippen LogP contribution < -0.4 is 10.6 Å². The van der Waals surface area contributed by atoms with Crippen LogP contribution in [0.4, 0.5) is 25.6 Å². The molecule has 3 fully saturated rings. The molecular formula is C44H49FN12O15P2S. The Kier molecular flexibility index (Phi) is 15.4. The third kappa shape index (κ3) is 12.0. The van der Waals surface area contributed by atoms with Gasteiger partial charge in [0, 0.05) is 38.3 Å². The molecule has 0 spiro atoms. The average Bonchev–Trinajstić information content (AvgIpc) is 4.16.